The third kappa shape index (κ3) is 1.90. The van der Waals surface area contributed by atoms with Gasteiger partial charge in [-0.15, -0.1) is 0 Å². The summed E-state index contributed by atoms with van der Waals surface area (Å²) in [7, 11) is 0. The molecule has 1 fully saturated rings. The van der Waals surface area contributed by atoms with Crippen LogP contribution in [0.3, 0.4) is 0 Å². The summed E-state index contributed by atoms with van der Waals surface area (Å²) in [4.78, 5) is 20.2. The molecule has 3 aromatic rings. The second kappa shape index (κ2) is 4.55. The molecule has 1 saturated carbocycles. The van der Waals surface area contributed by atoms with Gasteiger partial charge in [-0.05, 0) is 30.5 Å². The molecule has 0 unspecified atom stereocenters. The third-order valence-electron chi connectivity index (χ3n) is 4.46. The van der Waals surface area contributed by atoms with Gasteiger partial charge in [-0.3, -0.25) is 0 Å². The van der Waals surface area contributed by atoms with Crippen molar-refractivity contribution in [2.24, 2.45) is 0 Å². The van der Waals surface area contributed by atoms with Crippen LogP contribution in [0.2, 0.25) is 5.28 Å². The van der Waals surface area contributed by atoms with Crippen molar-refractivity contribution in [3.63, 3.8) is 0 Å². The van der Waals surface area contributed by atoms with Gasteiger partial charge in [-0.2, -0.15) is 0 Å². The van der Waals surface area contributed by atoms with Crippen molar-refractivity contribution in [2.45, 2.75) is 25.5 Å². The van der Waals surface area contributed by atoms with Crippen LogP contribution in [0, 0.1) is 0 Å². The largest absolute Gasteiger partial charge is 0.456 e. The highest BCUT2D eigenvalue weighted by atomic mass is 35.5. The molecule has 0 amide bonds. The molecular formula is C17H12ClN3O2. The number of benzene rings is 1. The molecule has 0 radical (unpaired) electrons. The molecule has 2 aliphatic rings. The average Bonchev–Trinajstić information content (AvgIpc) is 3.24. The van der Waals surface area contributed by atoms with E-state index in [1.54, 1.807) is 0 Å². The fraction of sp³-hybridized carbons (Fsp3) is 0.235. The van der Waals surface area contributed by atoms with Crippen molar-refractivity contribution < 1.29 is 9.53 Å². The predicted octanol–water partition coefficient (Wildman–Crippen LogP) is 3.76. The Morgan fingerprint density at radius 3 is 2.78 bits per heavy atom. The van der Waals surface area contributed by atoms with Gasteiger partial charge in [0.1, 0.15) is 6.61 Å². The van der Waals surface area contributed by atoms with Gasteiger partial charge in [0.25, 0.3) is 0 Å². The third-order valence-corrected chi connectivity index (χ3v) is 4.63. The highest BCUT2D eigenvalue weighted by Gasteiger charge is 2.31. The van der Waals surface area contributed by atoms with E-state index in [0.717, 1.165) is 16.5 Å². The maximum atomic E-state index is 11.8. The van der Waals surface area contributed by atoms with E-state index in [-0.39, 0.29) is 17.6 Å². The Bertz CT molecular complexity index is 975. The highest BCUT2D eigenvalue weighted by molar-refractivity contribution is 6.28. The monoisotopic (exact) mass is 325 g/mol. The number of halogens is 1. The molecule has 0 bridgehead atoms. The average molecular weight is 326 g/mol. The molecule has 3 heterocycles. The minimum absolute atomic E-state index is 0.0702. The van der Waals surface area contributed by atoms with Crippen LogP contribution in [0.15, 0.2) is 30.5 Å². The minimum atomic E-state index is -0.434. The molecule has 1 aromatic carbocycles. The summed E-state index contributed by atoms with van der Waals surface area (Å²) in [6.07, 6.45) is 4.51. The summed E-state index contributed by atoms with van der Waals surface area (Å²) in [5.41, 5.74) is 3.85. The SMILES string of the molecule is O=C1OCc2c1nc(Cl)nc2-c1cn(C2CC2)c2ccccc12. The van der Waals surface area contributed by atoms with Crippen LogP contribution in [0.4, 0.5) is 0 Å². The summed E-state index contributed by atoms with van der Waals surface area (Å²) in [5.74, 6) is -0.434. The lowest BCUT2D eigenvalue weighted by Gasteiger charge is -2.04. The zero-order valence-electron chi connectivity index (χ0n) is 12.1. The fourth-order valence-corrected chi connectivity index (χ4v) is 3.41. The highest BCUT2D eigenvalue weighted by Crippen LogP contribution is 2.42. The van der Waals surface area contributed by atoms with Crippen molar-refractivity contribution in [3.8, 4) is 11.3 Å². The number of hydrogen-bond donors (Lipinski definition) is 0. The van der Waals surface area contributed by atoms with Crippen LogP contribution >= 0.6 is 11.6 Å². The number of aromatic nitrogens is 3. The summed E-state index contributed by atoms with van der Waals surface area (Å²) in [6, 6.07) is 8.78. The molecule has 114 valence electrons. The van der Waals surface area contributed by atoms with E-state index >= 15 is 0 Å². The molecule has 0 N–H and O–H groups in total. The normalized spacial score (nSPS) is 16.7. The number of nitrogens with zero attached hydrogens (tertiary/aromatic N) is 3. The van der Waals surface area contributed by atoms with E-state index < -0.39 is 5.97 Å². The van der Waals surface area contributed by atoms with Gasteiger partial charge >= 0.3 is 5.97 Å². The number of fused-ring (bicyclic) bond motifs is 2. The molecule has 5 rings (SSSR count). The van der Waals surface area contributed by atoms with E-state index in [0.29, 0.717) is 11.7 Å². The summed E-state index contributed by atoms with van der Waals surface area (Å²) in [5, 5.41) is 1.18. The Morgan fingerprint density at radius 2 is 1.96 bits per heavy atom. The molecule has 0 spiro atoms. The molecule has 6 heteroatoms. The second-order valence-corrected chi connectivity index (χ2v) is 6.28. The van der Waals surface area contributed by atoms with Gasteiger partial charge in [0.05, 0.1) is 5.69 Å². The second-order valence-electron chi connectivity index (χ2n) is 5.94. The first kappa shape index (κ1) is 13.1. The Labute approximate surface area is 136 Å². The van der Waals surface area contributed by atoms with Gasteiger partial charge in [0, 0.05) is 34.3 Å². The van der Waals surface area contributed by atoms with Crippen LogP contribution in [-0.4, -0.2) is 20.5 Å². The predicted molar refractivity (Wildman–Crippen MR) is 85.4 cm³/mol. The molecule has 0 saturated heterocycles. The maximum absolute atomic E-state index is 11.8. The van der Waals surface area contributed by atoms with Crippen molar-refractivity contribution in [1.82, 2.24) is 14.5 Å². The molecule has 1 aliphatic heterocycles. The van der Waals surface area contributed by atoms with Crippen molar-refractivity contribution >= 4 is 28.5 Å². The molecule has 5 nitrogen and oxygen atoms in total. The number of hydrogen-bond acceptors (Lipinski definition) is 4. The molecule has 0 atom stereocenters. The van der Waals surface area contributed by atoms with Crippen molar-refractivity contribution in [3.05, 3.63) is 47.0 Å². The zero-order valence-corrected chi connectivity index (χ0v) is 12.9. The lowest BCUT2D eigenvalue weighted by Crippen LogP contribution is -2.01. The molecule has 2 aromatic heterocycles. The Morgan fingerprint density at radius 1 is 1.17 bits per heavy atom. The van der Waals surface area contributed by atoms with Crippen LogP contribution in [-0.2, 0) is 11.3 Å². The number of cyclic esters (lactones) is 1. The Hall–Kier alpha value is -2.40. The van der Waals surface area contributed by atoms with Crippen LogP contribution in [0.5, 0.6) is 0 Å². The van der Waals surface area contributed by atoms with E-state index in [4.69, 9.17) is 16.3 Å². The first-order valence-electron chi connectivity index (χ1n) is 7.56. The van der Waals surface area contributed by atoms with E-state index in [2.05, 4.69) is 32.9 Å². The number of para-hydroxylation sites is 1. The number of ether oxygens (including phenoxy) is 1. The fourth-order valence-electron chi connectivity index (χ4n) is 3.24. The van der Waals surface area contributed by atoms with Crippen LogP contribution in [0.25, 0.3) is 22.2 Å². The molecule has 1 aliphatic carbocycles. The van der Waals surface area contributed by atoms with Gasteiger partial charge in [0.2, 0.25) is 5.28 Å². The van der Waals surface area contributed by atoms with E-state index in [9.17, 15) is 4.79 Å². The number of rotatable bonds is 2. The zero-order chi connectivity index (χ0) is 15.6. The summed E-state index contributed by atoms with van der Waals surface area (Å²) < 4.78 is 7.41. The lowest BCUT2D eigenvalue weighted by atomic mass is 10.1. The summed E-state index contributed by atoms with van der Waals surface area (Å²) >= 11 is 6.04. The molecule has 23 heavy (non-hydrogen) atoms. The number of esters is 1. The van der Waals surface area contributed by atoms with Crippen molar-refractivity contribution in [1.29, 1.82) is 0 Å². The minimum Gasteiger partial charge on any atom is -0.456 e. The molecular weight excluding hydrogens is 314 g/mol. The van der Waals surface area contributed by atoms with Crippen LogP contribution in [0.1, 0.15) is 34.9 Å². The smallest absolute Gasteiger partial charge is 0.357 e. The standard InChI is InChI=1S/C17H12ClN3O2/c18-17-19-14(12-8-23-16(22)15(12)20-17)11-7-21(9-5-6-9)13-4-2-1-3-10(11)13/h1-4,7,9H,5-6,8H2. The van der Waals surface area contributed by atoms with E-state index in [1.165, 1.54) is 18.4 Å². The van der Waals surface area contributed by atoms with Gasteiger partial charge in [-0.25, -0.2) is 14.8 Å². The first-order valence-corrected chi connectivity index (χ1v) is 7.93. The summed E-state index contributed by atoms with van der Waals surface area (Å²) in [6.45, 7) is 0.198. The van der Waals surface area contributed by atoms with Crippen LogP contribution < -0.4 is 0 Å². The number of carbonyl (C=O) groups excluding carboxylic acids is 1. The quantitative estimate of drug-likeness (QED) is 0.532. The van der Waals surface area contributed by atoms with E-state index in [1.807, 2.05) is 12.1 Å². The Kier molecular flexibility index (Phi) is 2.59. The lowest BCUT2D eigenvalue weighted by molar-refractivity contribution is 0.0531. The maximum Gasteiger partial charge on any atom is 0.357 e. The topological polar surface area (TPSA) is 57.0 Å². The Balaban J connectivity index is 1.82. The van der Waals surface area contributed by atoms with Crippen molar-refractivity contribution in [2.75, 3.05) is 0 Å². The van der Waals surface area contributed by atoms with Gasteiger partial charge in [-0.1, -0.05) is 18.2 Å². The first-order chi connectivity index (χ1) is 11.2. The van der Waals surface area contributed by atoms with Gasteiger partial charge in [0.15, 0.2) is 5.69 Å². The number of carbonyl (C=O) groups is 1. The van der Waals surface area contributed by atoms with Gasteiger partial charge < -0.3 is 9.30 Å².